The van der Waals surface area contributed by atoms with Crippen LogP contribution >= 0.6 is 11.3 Å². The van der Waals surface area contributed by atoms with Crippen LogP contribution < -0.4 is 10.6 Å². The fourth-order valence-corrected chi connectivity index (χ4v) is 3.84. The summed E-state index contributed by atoms with van der Waals surface area (Å²) in [4.78, 5) is 39.4. The minimum atomic E-state index is -0.451. The van der Waals surface area contributed by atoms with Crippen LogP contribution in [0.2, 0.25) is 0 Å². The highest BCUT2D eigenvalue weighted by Gasteiger charge is 2.39. The fraction of sp³-hybridized carbons (Fsp3) is 0.450. The predicted octanol–water partition coefficient (Wildman–Crippen LogP) is 2.94. The summed E-state index contributed by atoms with van der Waals surface area (Å²) in [7, 11) is 0. The second kappa shape index (κ2) is 8.28. The number of hydrogen-bond acceptors (Lipinski definition) is 6. The van der Waals surface area contributed by atoms with Gasteiger partial charge in [-0.05, 0) is 39.3 Å². The summed E-state index contributed by atoms with van der Waals surface area (Å²) in [5.41, 5.74) is 0.395. The first-order valence-electron chi connectivity index (χ1n) is 9.53. The molecule has 9 heteroatoms. The number of anilines is 2. The van der Waals surface area contributed by atoms with Gasteiger partial charge in [0.25, 0.3) is 5.91 Å². The minimum absolute atomic E-state index is 0.0355. The monoisotopic (exact) mass is 415 g/mol. The largest absolute Gasteiger partial charge is 0.337 e. The maximum atomic E-state index is 12.8. The Kier molecular flexibility index (Phi) is 5.97. The SMILES string of the molecule is CCc1nnc(NC(=O)c2ccccc2NC(=O)[C@H]2CC(=O)N(C(C)(C)C)C2)s1. The second-order valence-corrected chi connectivity index (χ2v) is 8.98. The lowest BCUT2D eigenvalue weighted by atomic mass is 10.1. The predicted molar refractivity (Wildman–Crippen MR) is 112 cm³/mol. The van der Waals surface area contributed by atoms with E-state index in [1.54, 1.807) is 29.2 Å². The lowest BCUT2D eigenvalue weighted by Crippen LogP contribution is -2.42. The van der Waals surface area contributed by atoms with Crippen molar-refractivity contribution in [2.24, 2.45) is 5.92 Å². The summed E-state index contributed by atoms with van der Waals surface area (Å²) in [6, 6.07) is 6.77. The van der Waals surface area contributed by atoms with E-state index < -0.39 is 5.92 Å². The Balaban J connectivity index is 1.71. The number of nitrogens with zero attached hydrogens (tertiary/aromatic N) is 3. The van der Waals surface area contributed by atoms with Crippen LogP contribution in [0.25, 0.3) is 0 Å². The van der Waals surface area contributed by atoms with E-state index in [1.165, 1.54) is 11.3 Å². The van der Waals surface area contributed by atoms with E-state index in [2.05, 4.69) is 20.8 Å². The van der Waals surface area contributed by atoms with Crippen LogP contribution in [0, 0.1) is 5.92 Å². The molecule has 0 radical (unpaired) electrons. The third kappa shape index (κ3) is 4.79. The molecule has 0 bridgehead atoms. The van der Waals surface area contributed by atoms with Gasteiger partial charge in [-0.3, -0.25) is 19.7 Å². The van der Waals surface area contributed by atoms with Crippen LogP contribution in [0.15, 0.2) is 24.3 Å². The van der Waals surface area contributed by atoms with Crippen molar-refractivity contribution in [3.8, 4) is 0 Å². The van der Waals surface area contributed by atoms with Crippen LogP contribution in [0.4, 0.5) is 10.8 Å². The third-order valence-corrected chi connectivity index (χ3v) is 5.71. The summed E-state index contributed by atoms with van der Waals surface area (Å²) < 4.78 is 0. The summed E-state index contributed by atoms with van der Waals surface area (Å²) >= 11 is 1.31. The zero-order chi connectivity index (χ0) is 21.2. The fourth-order valence-electron chi connectivity index (χ4n) is 3.17. The molecule has 1 aromatic carbocycles. The summed E-state index contributed by atoms with van der Waals surface area (Å²) in [5, 5.41) is 14.7. The summed E-state index contributed by atoms with van der Waals surface area (Å²) in [6.45, 7) is 8.17. The number of para-hydroxylation sites is 1. The molecule has 3 amide bonds. The van der Waals surface area contributed by atoms with Crippen molar-refractivity contribution in [2.75, 3.05) is 17.2 Å². The van der Waals surface area contributed by atoms with Gasteiger partial charge in [-0.25, -0.2) is 0 Å². The topological polar surface area (TPSA) is 104 Å². The maximum absolute atomic E-state index is 12.8. The van der Waals surface area contributed by atoms with Crippen molar-refractivity contribution in [3.05, 3.63) is 34.8 Å². The Morgan fingerprint density at radius 2 is 1.93 bits per heavy atom. The molecule has 1 saturated heterocycles. The molecule has 1 aliphatic rings. The molecule has 1 atom stereocenters. The van der Waals surface area contributed by atoms with Crippen LogP contribution in [0.3, 0.4) is 0 Å². The first kappa shape index (κ1) is 20.9. The molecular weight excluding hydrogens is 390 g/mol. The molecule has 2 N–H and O–H groups in total. The Labute approximate surface area is 173 Å². The van der Waals surface area contributed by atoms with Gasteiger partial charge in [0.2, 0.25) is 16.9 Å². The number of hydrogen-bond donors (Lipinski definition) is 2. The molecule has 0 saturated carbocycles. The number of rotatable bonds is 5. The average molecular weight is 416 g/mol. The van der Waals surface area contributed by atoms with Gasteiger partial charge in [-0.15, -0.1) is 10.2 Å². The minimum Gasteiger partial charge on any atom is -0.337 e. The first-order valence-corrected chi connectivity index (χ1v) is 10.3. The molecule has 3 rings (SSSR count). The number of carbonyl (C=O) groups excluding carboxylic acids is 3. The molecule has 1 aromatic heterocycles. The Morgan fingerprint density at radius 1 is 1.21 bits per heavy atom. The summed E-state index contributed by atoms with van der Waals surface area (Å²) in [6.07, 6.45) is 0.911. The number of carbonyl (C=O) groups is 3. The molecule has 29 heavy (non-hydrogen) atoms. The van der Waals surface area contributed by atoms with E-state index in [0.29, 0.717) is 22.9 Å². The second-order valence-electron chi connectivity index (χ2n) is 7.92. The zero-order valence-electron chi connectivity index (χ0n) is 17.0. The van der Waals surface area contributed by atoms with Gasteiger partial charge in [-0.2, -0.15) is 0 Å². The smallest absolute Gasteiger partial charge is 0.259 e. The van der Waals surface area contributed by atoms with Gasteiger partial charge in [0, 0.05) is 18.5 Å². The van der Waals surface area contributed by atoms with Gasteiger partial charge in [0.15, 0.2) is 0 Å². The molecule has 1 fully saturated rings. The maximum Gasteiger partial charge on any atom is 0.259 e. The Hall–Kier alpha value is -2.81. The molecular formula is C20H25N5O3S. The normalized spacial score (nSPS) is 16.8. The molecule has 2 heterocycles. The molecule has 0 unspecified atom stereocenters. The van der Waals surface area contributed by atoms with E-state index in [9.17, 15) is 14.4 Å². The third-order valence-electron chi connectivity index (χ3n) is 4.72. The van der Waals surface area contributed by atoms with Crippen molar-refractivity contribution in [2.45, 2.75) is 46.1 Å². The number of amides is 3. The molecule has 154 valence electrons. The number of likely N-dealkylation sites (tertiary alicyclic amines) is 1. The highest BCUT2D eigenvalue weighted by Crippen LogP contribution is 2.27. The molecule has 0 spiro atoms. The van der Waals surface area contributed by atoms with E-state index in [-0.39, 0.29) is 29.7 Å². The van der Waals surface area contributed by atoms with Crippen LogP contribution in [0.1, 0.15) is 49.5 Å². The van der Waals surface area contributed by atoms with Crippen LogP contribution in [0.5, 0.6) is 0 Å². The van der Waals surface area contributed by atoms with Crippen molar-refractivity contribution in [1.29, 1.82) is 0 Å². The molecule has 2 aromatic rings. The van der Waals surface area contributed by atoms with Crippen molar-refractivity contribution in [1.82, 2.24) is 15.1 Å². The number of aryl methyl sites for hydroxylation is 1. The quantitative estimate of drug-likeness (QED) is 0.781. The van der Waals surface area contributed by atoms with Gasteiger partial charge in [-0.1, -0.05) is 30.4 Å². The van der Waals surface area contributed by atoms with E-state index >= 15 is 0 Å². The van der Waals surface area contributed by atoms with Crippen molar-refractivity contribution in [3.63, 3.8) is 0 Å². The Bertz CT molecular complexity index is 934. The average Bonchev–Trinajstić information content (AvgIpc) is 3.28. The number of aromatic nitrogens is 2. The van der Waals surface area contributed by atoms with E-state index in [1.807, 2.05) is 27.7 Å². The lowest BCUT2D eigenvalue weighted by Gasteiger charge is -2.31. The standard InChI is InChI=1S/C20H25N5O3S/c1-5-15-23-24-19(29-15)22-18(28)13-8-6-7-9-14(13)21-17(27)12-10-16(26)25(11-12)20(2,3)4/h6-9,12H,5,10-11H2,1-4H3,(H,21,27)(H,22,24,28)/t12-/m0/s1. The van der Waals surface area contributed by atoms with Gasteiger partial charge < -0.3 is 10.2 Å². The first-order chi connectivity index (χ1) is 13.7. The summed E-state index contributed by atoms with van der Waals surface area (Å²) in [5.74, 6) is -1.13. The van der Waals surface area contributed by atoms with Gasteiger partial charge in [0.1, 0.15) is 5.01 Å². The van der Waals surface area contributed by atoms with Crippen LogP contribution in [-0.2, 0) is 16.0 Å². The molecule has 1 aliphatic heterocycles. The molecule has 0 aliphatic carbocycles. The van der Waals surface area contributed by atoms with E-state index in [4.69, 9.17) is 0 Å². The number of nitrogens with one attached hydrogen (secondary N) is 2. The highest BCUT2D eigenvalue weighted by atomic mass is 32.1. The van der Waals surface area contributed by atoms with Gasteiger partial charge in [0.05, 0.1) is 17.2 Å². The molecule has 8 nitrogen and oxygen atoms in total. The number of benzene rings is 1. The van der Waals surface area contributed by atoms with Gasteiger partial charge >= 0.3 is 0 Å². The zero-order valence-corrected chi connectivity index (χ0v) is 17.8. The lowest BCUT2D eigenvalue weighted by molar-refractivity contribution is -0.131. The van der Waals surface area contributed by atoms with E-state index in [0.717, 1.165) is 11.4 Å². The Morgan fingerprint density at radius 3 is 2.55 bits per heavy atom. The van der Waals surface area contributed by atoms with Crippen molar-refractivity contribution >= 4 is 39.9 Å². The van der Waals surface area contributed by atoms with Crippen LogP contribution in [-0.4, -0.2) is 44.9 Å². The van der Waals surface area contributed by atoms with Crippen molar-refractivity contribution < 1.29 is 14.4 Å². The highest BCUT2D eigenvalue weighted by molar-refractivity contribution is 7.15.